The number of benzene rings is 3. The Morgan fingerprint density at radius 1 is 1.08 bits per heavy atom. The number of anilines is 2. The molecule has 0 saturated carbocycles. The quantitative estimate of drug-likeness (QED) is 0.210. The summed E-state index contributed by atoms with van der Waals surface area (Å²) in [6.07, 6.45) is 3.12. The van der Waals surface area contributed by atoms with Crippen LogP contribution in [0.4, 0.5) is 17.1 Å². The van der Waals surface area contributed by atoms with Gasteiger partial charge >= 0.3 is 0 Å². The molecule has 5 rings (SSSR count). The summed E-state index contributed by atoms with van der Waals surface area (Å²) in [7, 11) is 0. The predicted molar refractivity (Wildman–Crippen MR) is 146 cm³/mol. The van der Waals surface area contributed by atoms with Crippen molar-refractivity contribution in [1.82, 2.24) is 4.98 Å². The van der Waals surface area contributed by atoms with Gasteiger partial charge in [0.05, 0.1) is 15.5 Å². The molecule has 1 aliphatic heterocycles. The van der Waals surface area contributed by atoms with Crippen LogP contribution in [0.5, 0.6) is 0 Å². The number of fused-ring (bicyclic) bond motifs is 1. The number of carbonyl (C=O) groups is 1. The first-order valence-electron chi connectivity index (χ1n) is 12.4. The van der Waals surface area contributed by atoms with Gasteiger partial charge in [-0.2, -0.15) is 0 Å². The molecule has 0 aliphatic carbocycles. The number of piperidine rings is 1. The highest BCUT2D eigenvalue weighted by Crippen LogP contribution is 2.34. The summed E-state index contributed by atoms with van der Waals surface area (Å²) in [6.45, 7) is 5.77. The van der Waals surface area contributed by atoms with E-state index in [1.165, 1.54) is 6.07 Å². The van der Waals surface area contributed by atoms with E-state index in [9.17, 15) is 14.9 Å². The molecule has 0 unspecified atom stereocenters. The Hall–Kier alpha value is -3.91. The number of nitro benzene ring substituents is 1. The minimum atomic E-state index is -0.458. The topological polar surface area (TPSA) is 102 Å². The number of oxazole rings is 1. The van der Waals surface area contributed by atoms with E-state index in [-0.39, 0.29) is 11.3 Å². The average Bonchev–Trinajstić information content (AvgIpc) is 3.33. The summed E-state index contributed by atoms with van der Waals surface area (Å²) >= 11 is 6.45. The number of hydrogen-bond donors (Lipinski definition) is 1. The molecule has 0 spiro atoms. The number of carbonyl (C=O) groups excluding carboxylic acids is 1. The molecule has 190 valence electrons. The van der Waals surface area contributed by atoms with Crippen molar-refractivity contribution in [3.8, 4) is 11.5 Å². The lowest BCUT2D eigenvalue weighted by Crippen LogP contribution is -2.30. The number of nitro groups is 1. The Balaban J connectivity index is 1.41. The van der Waals surface area contributed by atoms with Gasteiger partial charge in [-0.1, -0.05) is 31.5 Å². The molecule has 1 fully saturated rings. The van der Waals surface area contributed by atoms with Crippen LogP contribution in [0.3, 0.4) is 0 Å². The third-order valence-electron chi connectivity index (χ3n) is 6.66. The number of nitrogens with one attached hydrogen (secondary N) is 1. The summed E-state index contributed by atoms with van der Waals surface area (Å²) in [4.78, 5) is 31.0. The number of amides is 1. The zero-order valence-corrected chi connectivity index (χ0v) is 21.4. The van der Waals surface area contributed by atoms with Crippen molar-refractivity contribution >= 4 is 45.7 Å². The average molecular weight is 519 g/mol. The van der Waals surface area contributed by atoms with E-state index in [0.29, 0.717) is 39.4 Å². The standard InChI is InChI=1S/C28H27ClN4O4/c1-17(2)18-7-11-26-23(14-18)31-28(37-26)21-16-20(8-9-22(21)29)30-27(34)19-6-10-24(25(15-19)33(35)36)32-12-4-3-5-13-32/h6-11,14-17H,3-5,12-13H2,1-2H3,(H,30,34). The molecule has 9 heteroatoms. The molecule has 2 heterocycles. The fourth-order valence-corrected chi connectivity index (χ4v) is 4.80. The molecule has 0 atom stereocenters. The lowest BCUT2D eigenvalue weighted by molar-refractivity contribution is -0.384. The van der Waals surface area contributed by atoms with Crippen LogP contribution in [0.15, 0.2) is 59.0 Å². The molecule has 1 aliphatic rings. The van der Waals surface area contributed by atoms with Crippen LogP contribution in [0, 0.1) is 10.1 Å². The van der Waals surface area contributed by atoms with E-state index in [4.69, 9.17) is 16.0 Å². The molecule has 4 aromatic rings. The smallest absolute Gasteiger partial charge is 0.293 e. The highest BCUT2D eigenvalue weighted by molar-refractivity contribution is 6.33. The molecule has 37 heavy (non-hydrogen) atoms. The molecule has 1 N–H and O–H groups in total. The van der Waals surface area contributed by atoms with E-state index in [2.05, 4.69) is 24.1 Å². The Bertz CT molecular complexity index is 1490. The van der Waals surface area contributed by atoms with Crippen LogP contribution in [0.25, 0.3) is 22.6 Å². The van der Waals surface area contributed by atoms with Crippen LogP contribution in [0.2, 0.25) is 5.02 Å². The fraction of sp³-hybridized carbons (Fsp3) is 0.286. The highest BCUT2D eigenvalue weighted by Gasteiger charge is 2.23. The first-order chi connectivity index (χ1) is 17.8. The molecule has 0 radical (unpaired) electrons. The van der Waals surface area contributed by atoms with Gasteiger partial charge in [-0.3, -0.25) is 14.9 Å². The second-order valence-corrected chi connectivity index (χ2v) is 9.97. The van der Waals surface area contributed by atoms with Crippen molar-refractivity contribution in [3.05, 3.63) is 80.9 Å². The monoisotopic (exact) mass is 518 g/mol. The van der Waals surface area contributed by atoms with Gasteiger partial charge in [0.25, 0.3) is 11.6 Å². The first kappa shape index (κ1) is 24.8. The normalized spacial score (nSPS) is 13.8. The van der Waals surface area contributed by atoms with Crippen LogP contribution in [-0.4, -0.2) is 28.9 Å². The zero-order valence-electron chi connectivity index (χ0n) is 20.7. The van der Waals surface area contributed by atoms with Gasteiger partial charge in [0.1, 0.15) is 11.2 Å². The predicted octanol–water partition coefficient (Wildman–Crippen LogP) is 7.42. The number of aromatic nitrogens is 1. The third kappa shape index (κ3) is 5.15. The lowest BCUT2D eigenvalue weighted by atomic mass is 10.0. The Morgan fingerprint density at radius 2 is 1.86 bits per heavy atom. The number of nitrogens with zero attached hydrogens (tertiary/aromatic N) is 3. The summed E-state index contributed by atoms with van der Waals surface area (Å²) < 4.78 is 5.94. The number of halogens is 1. The van der Waals surface area contributed by atoms with E-state index < -0.39 is 10.8 Å². The molecule has 3 aromatic carbocycles. The van der Waals surface area contributed by atoms with Crippen molar-refractivity contribution < 1.29 is 14.1 Å². The van der Waals surface area contributed by atoms with Crippen molar-refractivity contribution in [1.29, 1.82) is 0 Å². The Morgan fingerprint density at radius 3 is 2.59 bits per heavy atom. The van der Waals surface area contributed by atoms with E-state index >= 15 is 0 Å². The largest absolute Gasteiger partial charge is 0.436 e. The molecule has 0 bridgehead atoms. The molecule has 8 nitrogen and oxygen atoms in total. The van der Waals surface area contributed by atoms with Crippen LogP contribution in [-0.2, 0) is 0 Å². The van der Waals surface area contributed by atoms with Crippen LogP contribution in [0.1, 0.15) is 54.9 Å². The van der Waals surface area contributed by atoms with Gasteiger partial charge in [-0.05, 0) is 73.2 Å². The second-order valence-electron chi connectivity index (χ2n) is 9.56. The Labute approximate surface area is 219 Å². The van der Waals surface area contributed by atoms with Crippen molar-refractivity contribution in [2.75, 3.05) is 23.3 Å². The minimum Gasteiger partial charge on any atom is -0.436 e. The second kappa shape index (κ2) is 10.2. The number of hydrogen-bond acceptors (Lipinski definition) is 6. The van der Waals surface area contributed by atoms with E-state index in [1.54, 1.807) is 30.3 Å². The summed E-state index contributed by atoms with van der Waals surface area (Å²) in [5.41, 5.74) is 4.21. The first-order valence-corrected chi connectivity index (χ1v) is 12.7. The minimum absolute atomic E-state index is 0.0708. The van der Waals surface area contributed by atoms with Gasteiger partial charge in [0, 0.05) is 30.4 Å². The van der Waals surface area contributed by atoms with Crippen molar-refractivity contribution in [3.63, 3.8) is 0 Å². The molecular weight excluding hydrogens is 492 g/mol. The van der Waals surface area contributed by atoms with E-state index in [0.717, 1.165) is 43.4 Å². The van der Waals surface area contributed by atoms with Gasteiger partial charge < -0.3 is 14.6 Å². The van der Waals surface area contributed by atoms with Crippen molar-refractivity contribution in [2.45, 2.75) is 39.0 Å². The Kier molecular flexibility index (Phi) is 6.84. The number of rotatable bonds is 6. The SMILES string of the molecule is CC(C)c1ccc2oc(-c3cc(NC(=O)c4ccc(N5CCCCC5)c([N+](=O)[O-])c4)ccc3Cl)nc2c1. The van der Waals surface area contributed by atoms with Gasteiger partial charge in [-0.15, -0.1) is 0 Å². The zero-order chi connectivity index (χ0) is 26.1. The van der Waals surface area contributed by atoms with Gasteiger partial charge in [0.15, 0.2) is 5.58 Å². The highest BCUT2D eigenvalue weighted by atomic mass is 35.5. The van der Waals surface area contributed by atoms with Gasteiger partial charge in [-0.25, -0.2) is 4.98 Å². The lowest BCUT2D eigenvalue weighted by Gasteiger charge is -2.28. The molecule has 1 amide bonds. The molecule has 1 saturated heterocycles. The molecular formula is C28H27ClN4O4. The maximum Gasteiger partial charge on any atom is 0.293 e. The maximum atomic E-state index is 13.0. The fourth-order valence-electron chi connectivity index (χ4n) is 4.60. The maximum absolute atomic E-state index is 13.0. The van der Waals surface area contributed by atoms with Crippen molar-refractivity contribution in [2.24, 2.45) is 0 Å². The van der Waals surface area contributed by atoms with Crippen LogP contribution >= 0.6 is 11.6 Å². The third-order valence-corrected chi connectivity index (χ3v) is 6.99. The summed E-state index contributed by atoms with van der Waals surface area (Å²) in [5.74, 6) is 0.246. The van der Waals surface area contributed by atoms with E-state index in [1.807, 2.05) is 23.1 Å². The summed E-state index contributed by atoms with van der Waals surface area (Å²) in [5, 5.41) is 15.0. The van der Waals surface area contributed by atoms with Gasteiger partial charge in [0.2, 0.25) is 5.89 Å². The molecule has 1 aromatic heterocycles. The van der Waals surface area contributed by atoms with Crippen LogP contribution < -0.4 is 10.2 Å². The summed E-state index contributed by atoms with van der Waals surface area (Å²) in [6, 6.07) is 15.5.